The summed E-state index contributed by atoms with van der Waals surface area (Å²) in [4.78, 5) is 13.9. The number of halogens is 1. The molecule has 0 aromatic heterocycles. The average Bonchev–Trinajstić information content (AvgIpc) is 2.57. The lowest BCUT2D eigenvalue weighted by atomic mass is 10.2. The van der Waals surface area contributed by atoms with Gasteiger partial charge in [-0.2, -0.15) is 0 Å². The molecule has 1 atom stereocenters. The van der Waals surface area contributed by atoms with Crippen molar-refractivity contribution in [3.05, 3.63) is 29.3 Å². The predicted octanol–water partition coefficient (Wildman–Crippen LogP) is 2.56. The molecular formula is C13H18ClN3O. The van der Waals surface area contributed by atoms with Crippen molar-refractivity contribution in [2.75, 3.05) is 25.0 Å². The third-order valence-electron chi connectivity index (χ3n) is 3.09. The fourth-order valence-electron chi connectivity index (χ4n) is 1.95. The Hall–Kier alpha value is -1.26. The molecule has 0 aliphatic carbocycles. The van der Waals surface area contributed by atoms with E-state index in [-0.39, 0.29) is 6.03 Å². The summed E-state index contributed by atoms with van der Waals surface area (Å²) in [5, 5.41) is 6.91. The summed E-state index contributed by atoms with van der Waals surface area (Å²) in [6, 6.07) is 7.57. The van der Waals surface area contributed by atoms with E-state index in [1.54, 1.807) is 24.3 Å². The second-order valence-electron chi connectivity index (χ2n) is 4.57. The minimum absolute atomic E-state index is 0.0479. The van der Waals surface area contributed by atoms with E-state index in [1.807, 2.05) is 4.90 Å². The Balaban J connectivity index is 1.92. The molecule has 5 heteroatoms. The Bertz CT molecular complexity index is 407. The van der Waals surface area contributed by atoms with Crippen LogP contribution < -0.4 is 10.6 Å². The van der Waals surface area contributed by atoms with Crippen LogP contribution in [-0.2, 0) is 0 Å². The summed E-state index contributed by atoms with van der Waals surface area (Å²) in [5.41, 5.74) is 0.773. The van der Waals surface area contributed by atoms with Crippen molar-refractivity contribution < 1.29 is 4.79 Å². The molecular weight excluding hydrogens is 250 g/mol. The SMILES string of the molecule is CC1CCN(C(=O)Nc2ccc(Cl)cc2)CCN1. The van der Waals surface area contributed by atoms with Crippen LogP contribution in [0.4, 0.5) is 10.5 Å². The largest absolute Gasteiger partial charge is 0.323 e. The molecule has 1 heterocycles. The Kier molecular flexibility index (Phi) is 4.44. The molecule has 1 saturated heterocycles. The van der Waals surface area contributed by atoms with E-state index in [9.17, 15) is 4.79 Å². The number of rotatable bonds is 1. The van der Waals surface area contributed by atoms with Crippen molar-refractivity contribution in [2.24, 2.45) is 0 Å². The lowest BCUT2D eigenvalue weighted by Gasteiger charge is -2.20. The van der Waals surface area contributed by atoms with Crippen molar-refractivity contribution >= 4 is 23.3 Å². The maximum absolute atomic E-state index is 12.1. The molecule has 1 aliphatic heterocycles. The number of amides is 2. The first-order valence-electron chi connectivity index (χ1n) is 6.20. The van der Waals surface area contributed by atoms with Gasteiger partial charge in [0.2, 0.25) is 0 Å². The van der Waals surface area contributed by atoms with Crippen LogP contribution in [-0.4, -0.2) is 36.6 Å². The van der Waals surface area contributed by atoms with Gasteiger partial charge >= 0.3 is 6.03 Å². The standard InChI is InChI=1S/C13H18ClN3O/c1-10-6-8-17(9-7-15-10)13(18)16-12-4-2-11(14)3-5-12/h2-5,10,15H,6-9H2,1H3,(H,16,18). The number of nitrogens with one attached hydrogen (secondary N) is 2. The van der Waals surface area contributed by atoms with Crippen molar-refractivity contribution in [2.45, 2.75) is 19.4 Å². The first kappa shape index (κ1) is 13.2. The van der Waals surface area contributed by atoms with Crippen molar-refractivity contribution in [1.29, 1.82) is 0 Å². The van der Waals surface area contributed by atoms with Gasteiger partial charge in [0.25, 0.3) is 0 Å². The normalized spacial score (nSPS) is 20.3. The number of urea groups is 1. The summed E-state index contributed by atoms with van der Waals surface area (Å²) in [7, 11) is 0. The zero-order valence-electron chi connectivity index (χ0n) is 10.4. The second kappa shape index (κ2) is 6.07. The summed E-state index contributed by atoms with van der Waals surface area (Å²) in [6.45, 7) is 4.51. The zero-order chi connectivity index (χ0) is 13.0. The molecule has 1 aliphatic rings. The Morgan fingerprint density at radius 2 is 2.11 bits per heavy atom. The lowest BCUT2D eigenvalue weighted by molar-refractivity contribution is 0.215. The van der Waals surface area contributed by atoms with Gasteiger partial charge < -0.3 is 15.5 Å². The van der Waals surface area contributed by atoms with Gasteiger partial charge in [-0.25, -0.2) is 4.79 Å². The third-order valence-corrected chi connectivity index (χ3v) is 3.34. The number of nitrogens with zero attached hydrogens (tertiary/aromatic N) is 1. The highest BCUT2D eigenvalue weighted by molar-refractivity contribution is 6.30. The lowest BCUT2D eigenvalue weighted by Crippen LogP contribution is -2.37. The molecule has 1 unspecified atom stereocenters. The van der Waals surface area contributed by atoms with Gasteiger partial charge in [0.1, 0.15) is 0 Å². The minimum Gasteiger partial charge on any atom is -0.323 e. The van der Waals surface area contributed by atoms with E-state index < -0.39 is 0 Å². The summed E-state index contributed by atoms with van der Waals surface area (Å²) in [5.74, 6) is 0. The highest BCUT2D eigenvalue weighted by atomic mass is 35.5. The van der Waals surface area contributed by atoms with E-state index in [0.29, 0.717) is 11.1 Å². The Morgan fingerprint density at radius 3 is 2.83 bits per heavy atom. The third kappa shape index (κ3) is 3.62. The molecule has 2 rings (SSSR count). The molecule has 18 heavy (non-hydrogen) atoms. The van der Waals surface area contributed by atoms with Gasteiger partial charge in [-0.1, -0.05) is 11.6 Å². The maximum atomic E-state index is 12.1. The summed E-state index contributed by atoms with van der Waals surface area (Å²) >= 11 is 5.80. The molecule has 0 spiro atoms. The van der Waals surface area contributed by atoms with E-state index in [4.69, 9.17) is 11.6 Å². The molecule has 1 aromatic rings. The molecule has 4 nitrogen and oxygen atoms in total. The Morgan fingerprint density at radius 1 is 1.39 bits per heavy atom. The maximum Gasteiger partial charge on any atom is 0.321 e. The monoisotopic (exact) mass is 267 g/mol. The molecule has 2 amide bonds. The van der Waals surface area contributed by atoms with Crippen LogP contribution in [0.2, 0.25) is 5.02 Å². The van der Waals surface area contributed by atoms with E-state index in [1.165, 1.54) is 0 Å². The fourth-order valence-corrected chi connectivity index (χ4v) is 2.07. The first-order chi connectivity index (χ1) is 8.65. The first-order valence-corrected chi connectivity index (χ1v) is 6.58. The Labute approximate surface area is 112 Å². The van der Waals surface area contributed by atoms with Crippen molar-refractivity contribution in [3.8, 4) is 0 Å². The molecule has 0 bridgehead atoms. The number of hydrogen-bond acceptors (Lipinski definition) is 2. The molecule has 2 N–H and O–H groups in total. The van der Waals surface area contributed by atoms with Crippen LogP contribution in [0.15, 0.2) is 24.3 Å². The summed E-state index contributed by atoms with van der Waals surface area (Å²) < 4.78 is 0. The molecule has 0 radical (unpaired) electrons. The zero-order valence-corrected chi connectivity index (χ0v) is 11.2. The van der Waals surface area contributed by atoms with Gasteiger partial charge in [0, 0.05) is 36.4 Å². The van der Waals surface area contributed by atoms with Crippen LogP contribution in [0.5, 0.6) is 0 Å². The minimum atomic E-state index is -0.0479. The van der Waals surface area contributed by atoms with Gasteiger partial charge in [-0.15, -0.1) is 0 Å². The van der Waals surface area contributed by atoms with Crippen molar-refractivity contribution in [3.63, 3.8) is 0 Å². The second-order valence-corrected chi connectivity index (χ2v) is 5.00. The number of hydrogen-bond donors (Lipinski definition) is 2. The van der Waals surface area contributed by atoms with Gasteiger partial charge in [0.15, 0.2) is 0 Å². The number of anilines is 1. The highest BCUT2D eigenvalue weighted by Crippen LogP contribution is 2.14. The number of carbonyl (C=O) groups is 1. The highest BCUT2D eigenvalue weighted by Gasteiger charge is 2.17. The van der Waals surface area contributed by atoms with Crippen LogP contribution >= 0.6 is 11.6 Å². The van der Waals surface area contributed by atoms with Gasteiger partial charge in [-0.3, -0.25) is 0 Å². The topological polar surface area (TPSA) is 44.4 Å². The van der Waals surface area contributed by atoms with Crippen molar-refractivity contribution in [1.82, 2.24) is 10.2 Å². The van der Waals surface area contributed by atoms with Crippen LogP contribution in [0, 0.1) is 0 Å². The molecule has 98 valence electrons. The van der Waals surface area contributed by atoms with Gasteiger partial charge in [-0.05, 0) is 37.6 Å². The molecule has 1 aromatic carbocycles. The predicted molar refractivity (Wildman–Crippen MR) is 74.1 cm³/mol. The van der Waals surface area contributed by atoms with Gasteiger partial charge in [0.05, 0.1) is 0 Å². The number of carbonyl (C=O) groups excluding carboxylic acids is 1. The summed E-state index contributed by atoms with van der Waals surface area (Å²) in [6.07, 6.45) is 0.980. The molecule has 0 saturated carbocycles. The fraction of sp³-hybridized carbons (Fsp3) is 0.462. The van der Waals surface area contributed by atoms with Crippen LogP contribution in [0.25, 0.3) is 0 Å². The van der Waals surface area contributed by atoms with Crippen LogP contribution in [0.3, 0.4) is 0 Å². The molecule has 1 fully saturated rings. The van der Waals surface area contributed by atoms with E-state index in [0.717, 1.165) is 31.7 Å². The van der Waals surface area contributed by atoms with Crippen LogP contribution in [0.1, 0.15) is 13.3 Å². The smallest absolute Gasteiger partial charge is 0.321 e. The quantitative estimate of drug-likeness (QED) is 0.821. The van der Waals surface area contributed by atoms with E-state index in [2.05, 4.69) is 17.6 Å². The number of benzene rings is 1. The van der Waals surface area contributed by atoms with E-state index >= 15 is 0 Å². The average molecular weight is 268 g/mol.